The third-order valence-electron chi connectivity index (χ3n) is 1.64. The molecule has 2 heterocycles. The van der Waals surface area contributed by atoms with Gasteiger partial charge in [0.1, 0.15) is 12.4 Å². The summed E-state index contributed by atoms with van der Waals surface area (Å²) in [4.78, 5) is 10.5. The van der Waals surface area contributed by atoms with Crippen molar-refractivity contribution in [1.29, 1.82) is 0 Å². The summed E-state index contributed by atoms with van der Waals surface area (Å²) in [6, 6.07) is 0. The van der Waals surface area contributed by atoms with E-state index in [9.17, 15) is 0 Å². The maximum absolute atomic E-state index is 3.98. The van der Waals surface area contributed by atoms with Gasteiger partial charge in [-0.2, -0.15) is 0 Å². The second-order valence-corrected chi connectivity index (χ2v) is 2.51. The zero-order valence-electron chi connectivity index (χ0n) is 6.07. The molecule has 2 aliphatic rings. The Morgan fingerprint density at radius 1 is 0.909 bits per heavy atom. The lowest BCUT2D eigenvalue weighted by Gasteiger charge is -2.06. The van der Waals surface area contributed by atoms with Crippen molar-refractivity contribution in [1.82, 2.24) is 0 Å². The molecule has 0 bridgehead atoms. The molecule has 0 aromatic heterocycles. The molecule has 0 saturated carbocycles. The van der Waals surface area contributed by atoms with Crippen LogP contribution in [-0.4, -0.2) is 19.3 Å². The Bertz CT molecular complexity index is 201. The number of rotatable bonds is 2. The molecule has 0 aromatic carbocycles. The summed E-state index contributed by atoms with van der Waals surface area (Å²) in [5.41, 5.74) is 0. The zero-order valence-corrected chi connectivity index (χ0v) is 6.07. The van der Waals surface area contributed by atoms with Crippen molar-refractivity contribution in [3.8, 4) is 0 Å². The van der Waals surface area contributed by atoms with Crippen LogP contribution in [0.5, 0.6) is 0 Å². The molecule has 0 aromatic rings. The zero-order chi connectivity index (χ0) is 7.52. The lowest BCUT2D eigenvalue weighted by molar-refractivity contribution is -0.941. The normalized spacial score (nSPS) is 32.4. The van der Waals surface area contributed by atoms with Crippen LogP contribution in [-0.2, 0) is 0 Å². The number of aliphatic imine (C=N–C) groups is 2. The summed E-state index contributed by atoms with van der Waals surface area (Å²) in [5, 5.41) is 0. The highest BCUT2D eigenvalue weighted by atomic mass is 15.3. The molecule has 56 valence electrons. The Morgan fingerprint density at radius 3 is 1.82 bits per heavy atom. The van der Waals surface area contributed by atoms with Gasteiger partial charge in [0.25, 0.3) is 0 Å². The summed E-state index contributed by atoms with van der Waals surface area (Å²) < 4.78 is 0. The molecule has 2 atom stereocenters. The van der Waals surface area contributed by atoms with Crippen molar-refractivity contribution in [3.63, 3.8) is 0 Å². The quantitative estimate of drug-likeness (QED) is 0.445. The highest BCUT2D eigenvalue weighted by Gasteiger charge is 2.13. The maximum atomic E-state index is 3.98. The molecule has 0 spiro atoms. The second-order valence-electron chi connectivity index (χ2n) is 2.51. The second kappa shape index (κ2) is 2.77. The van der Waals surface area contributed by atoms with E-state index in [4.69, 9.17) is 0 Å². The average Bonchev–Trinajstić information content (AvgIpc) is 2.60. The minimum Gasteiger partial charge on any atom is -0.218 e. The third kappa shape index (κ3) is 1.42. The molecule has 2 unspecified atom stereocenters. The molecule has 0 radical (unpaired) electrons. The summed E-state index contributed by atoms with van der Waals surface area (Å²) in [7, 11) is 0. The Kier molecular flexibility index (Phi) is 1.63. The van der Waals surface area contributed by atoms with Crippen molar-refractivity contribution in [2.24, 2.45) is 9.98 Å². The van der Waals surface area contributed by atoms with Crippen LogP contribution in [0, 0.1) is 0 Å². The lowest BCUT2D eigenvalue weighted by Crippen LogP contribution is -3.26. The highest BCUT2D eigenvalue weighted by molar-refractivity contribution is 5.49. The molecule has 11 heavy (non-hydrogen) atoms. The van der Waals surface area contributed by atoms with E-state index in [1.54, 1.807) is 0 Å². The molecule has 2 N–H and O–H groups in total. The SMILES string of the molecule is C1=C[NH+](C[NH+]2C=CN=C2)C=N1. The van der Waals surface area contributed by atoms with Gasteiger partial charge >= 0.3 is 0 Å². The monoisotopic (exact) mass is 150 g/mol. The number of quaternary nitrogens is 2. The predicted octanol–water partition coefficient (Wildman–Crippen LogP) is -2.26. The fourth-order valence-corrected chi connectivity index (χ4v) is 1.09. The standard InChI is InChI=1S/C7H8N4/c1-3-10(5-8-1)7-11-4-2-9-6-11/h1-6H,7H2/p+2. The van der Waals surface area contributed by atoms with E-state index in [2.05, 4.69) is 9.98 Å². The number of hydrogen-bond donors (Lipinski definition) is 2. The Labute approximate surface area is 64.8 Å². The van der Waals surface area contributed by atoms with Crippen LogP contribution in [0.2, 0.25) is 0 Å². The van der Waals surface area contributed by atoms with Gasteiger partial charge in [0, 0.05) is 0 Å². The van der Waals surface area contributed by atoms with Crippen molar-refractivity contribution < 1.29 is 9.80 Å². The highest BCUT2D eigenvalue weighted by Crippen LogP contribution is 1.70. The Morgan fingerprint density at radius 2 is 1.45 bits per heavy atom. The number of hydrogen-bond acceptors (Lipinski definition) is 2. The molecule has 2 rings (SSSR count). The van der Waals surface area contributed by atoms with Crippen molar-refractivity contribution in [2.75, 3.05) is 6.67 Å². The van der Waals surface area contributed by atoms with Crippen molar-refractivity contribution >= 4 is 12.7 Å². The van der Waals surface area contributed by atoms with Gasteiger partial charge in [-0.3, -0.25) is 0 Å². The minimum atomic E-state index is 0.944. The van der Waals surface area contributed by atoms with E-state index in [0.717, 1.165) is 6.67 Å². The average molecular weight is 150 g/mol. The summed E-state index contributed by atoms with van der Waals surface area (Å²) in [5.74, 6) is 0. The molecular formula is C7H10N4+2. The maximum Gasteiger partial charge on any atom is 0.223 e. The van der Waals surface area contributed by atoms with Crippen LogP contribution >= 0.6 is 0 Å². The number of nitrogens with zero attached hydrogens (tertiary/aromatic N) is 2. The van der Waals surface area contributed by atoms with Gasteiger partial charge in [0.15, 0.2) is 12.7 Å². The molecule has 2 aliphatic heterocycles. The molecule has 0 fully saturated rings. The van der Waals surface area contributed by atoms with Crippen LogP contribution in [0.1, 0.15) is 0 Å². The molecular weight excluding hydrogens is 140 g/mol. The van der Waals surface area contributed by atoms with E-state index in [-0.39, 0.29) is 0 Å². The van der Waals surface area contributed by atoms with E-state index in [0.29, 0.717) is 0 Å². The fraction of sp³-hybridized carbons (Fsp3) is 0.143. The third-order valence-corrected chi connectivity index (χ3v) is 1.64. The first-order chi connectivity index (χ1) is 5.45. The van der Waals surface area contributed by atoms with Crippen LogP contribution in [0.15, 0.2) is 34.8 Å². The van der Waals surface area contributed by atoms with Gasteiger partial charge in [-0.1, -0.05) is 0 Å². The van der Waals surface area contributed by atoms with Gasteiger partial charge in [-0.25, -0.2) is 19.8 Å². The van der Waals surface area contributed by atoms with Gasteiger partial charge in [-0.15, -0.1) is 0 Å². The van der Waals surface area contributed by atoms with Gasteiger partial charge in [0.2, 0.25) is 6.67 Å². The fourth-order valence-electron chi connectivity index (χ4n) is 1.09. The van der Waals surface area contributed by atoms with Crippen LogP contribution in [0.4, 0.5) is 0 Å². The molecule has 0 saturated heterocycles. The Hall–Kier alpha value is -1.26. The van der Waals surface area contributed by atoms with Gasteiger partial charge in [-0.05, 0) is 0 Å². The smallest absolute Gasteiger partial charge is 0.218 e. The van der Waals surface area contributed by atoms with Gasteiger partial charge < -0.3 is 0 Å². The van der Waals surface area contributed by atoms with E-state index >= 15 is 0 Å². The van der Waals surface area contributed by atoms with E-state index in [1.807, 2.05) is 37.5 Å². The topological polar surface area (TPSA) is 33.6 Å². The minimum absolute atomic E-state index is 0.944. The molecule has 4 heteroatoms. The first kappa shape index (κ1) is 6.45. The van der Waals surface area contributed by atoms with Crippen LogP contribution in [0.25, 0.3) is 0 Å². The summed E-state index contributed by atoms with van der Waals surface area (Å²) >= 11 is 0. The molecule has 0 amide bonds. The van der Waals surface area contributed by atoms with Gasteiger partial charge in [0.05, 0.1) is 12.4 Å². The van der Waals surface area contributed by atoms with E-state index < -0.39 is 0 Å². The first-order valence-electron chi connectivity index (χ1n) is 3.56. The summed E-state index contributed by atoms with van der Waals surface area (Å²) in [6.45, 7) is 0.944. The predicted molar refractivity (Wildman–Crippen MR) is 42.1 cm³/mol. The van der Waals surface area contributed by atoms with Crippen LogP contribution in [0.3, 0.4) is 0 Å². The first-order valence-corrected chi connectivity index (χ1v) is 3.56. The Balaban J connectivity index is 1.90. The van der Waals surface area contributed by atoms with E-state index in [1.165, 1.54) is 9.80 Å². The molecule has 0 aliphatic carbocycles. The van der Waals surface area contributed by atoms with Crippen LogP contribution < -0.4 is 9.80 Å². The largest absolute Gasteiger partial charge is 0.223 e. The van der Waals surface area contributed by atoms with Crippen molar-refractivity contribution in [3.05, 3.63) is 24.8 Å². The number of nitrogens with one attached hydrogen (secondary N) is 2. The van der Waals surface area contributed by atoms with Crippen molar-refractivity contribution in [2.45, 2.75) is 0 Å². The summed E-state index contributed by atoms with van der Waals surface area (Å²) in [6.07, 6.45) is 11.4. The lowest BCUT2D eigenvalue weighted by atomic mass is 10.7. The molecule has 4 nitrogen and oxygen atoms in total.